The van der Waals surface area contributed by atoms with E-state index in [4.69, 9.17) is 4.74 Å². The van der Waals surface area contributed by atoms with E-state index in [2.05, 4.69) is 18.9 Å². The van der Waals surface area contributed by atoms with E-state index in [0.717, 1.165) is 30.7 Å². The quantitative estimate of drug-likeness (QED) is 0.872. The highest BCUT2D eigenvalue weighted by molar-refractivity contribution is 5.39. The van der Waals surface area contributed by atoms with E-state index in [0.29, 0.717) is 11.8 Å². The fraction of sp³-hybridized carbons (Fsp3) is 0.571. The van der Waals surface area contributed by atoms with Gasteiger partial charge in [-0.3, -0.25) is 4.90 Å². The zero-order chi connectivity index (χ0) is 12.4. The van der Waals surface area contributed by atoms with Crippen LogP contribution in [0.4, 0.5) is 0 Å². The first-order valence-corrected chi connectivity index (χ1v) is 6.19. The summed E-state index contributed by atoms with van der Waals surface area (Å²) in [5, 5.41) is 10.00. The van der Waals surface area contributed by atoms with E-state index in [1.807, 2.05) is 25.1 Å². The molecule has 1 N–H and O–H groups in total. The lowest BCUT2D eigenvalue weighted by Gasteiger charge is -2.27. The molecule has 17 heavy (non-hydrogen) atoms. The molecule has 94 valence electrons. The molecule has 2 atom stereocenters. The highest BCUT2D eigenvalue weighted by Gasteiger charge is 2.28. The van der Waals surface area contributed by atoms with E-state index in [1.165, 1.54) is 0 Å². The number of aromatic hydroxyl groups is 1. The molecule has 1 heterocycles. The van der Waals surface area contributed by atoms with Crippen molar-refractivity contribution >= 4 is 0 Å². The van der Waals surface area contributed by atoms with Crippen LogP contribution >= 0.6 is 0 Å². The molecule has 3 nitrogen and oxygen atoms in total. The van der Waals surface area contributed by atoms with Crippen LogP contribution in [-0.4, -0.2) is 35.8 Å². The summed E-state index contributed by atoms with van der Waals surface area (Å²) in [6.45, 7) is 5.66. The van der Waals surface area contributed by atoms with Crippen LogP contribution in [0.25, 0.3) is 0 Å². The summed E-state index contributed by atoms with van der Waals surface area (Å²) in [5.74, 6) is 0.422. The van der Waals surface area contributed by atoms with Gasteiger partial charge >= 0.3 is 0 Å². The molecule has 2 unspecified atom stereocenters. The summed E-state index contributed by atoms with van der Waals surface area (Å²) in [7, 11) is 2.09. The minimum Gasteiger partial charge on any atom is -0.507 e. The summed E-state index contributed by atoms with van der Waals surface area (Å²) in [6.07, 6.45) is 1.36. The molecule has 1 saturated heterocycles. The Labute approximate surface area is 103 Å². The fourth-order valence-corrected chi connectivity index (χ4v) is 2.53. The van der Waals surface area contributed by atoms with Crippen molar-refractivity contribution in [1.82, 2.24) is 4.90 Å². The molecule has 2 rings (SSSR count). The number of rotatable bonds is 3. The minimum atomic E-state index is 0.284. The predicted molar refractivity (Wildman–Crippen MR) is 68.1 cm³/mol. The smallest absolute Gasteiger partial charge is 0.122 e. The molecule has 0 aliphatic carbocycles. The standard InChI is InChI=1S/C14H21NO2/c1-10-5-4-6-12(14(10)16)9-15(3)13-7-8-17-11(13)2/h4-6,11,13,16H,7-9H2,1-3H3. The van der Waals surface area contributed by atoms with Crippen molar-refractivity contribution in [3.05, 3.63) is 29.3 Å². The van der Waals surface area contributed by atoms with Crippen molar-refractivity contribution in [2.75, 3.05) is 13.7 Å². The molecule has 0 bridgehead atoms. The van der Waals surface area contributed by atoms with E-state index in [1.54, 1.807) is 0 Å². The summed E-state index contributed by atoms with van der Waals surface area (Å²) < 4.78 is 5.57. The zero-order valence-corrected chi connectivity index (χ0v) is 10.8. The average molecular weight is 235 g/mol. The molecule has 0 amide bonds. The summed E-state index contributed by atoms with van der Waals surface area (Å²) in [6, 6.07) is 6.36. The normalized spacial score (nSPS) is 24.5. The lowest BCUT2D eigenvalue weighted by atomic mass is 10.1. The second-order valence-corrected chi connectivity index (χ2v) is 4.93. The topological polar surface area (TPSA) is 32.7 Å². The van der Waals surface area contributed by atoms with Gasteiger partial charge in [-0.25, -0.2) is 0 Å². The van der Waals surface area contributed by atoms with Crippen molar-refractivity contribution in [1.29, 1.82) is 0 Å². The number of likely N-dealkylation sites (N-methyl/N-ethyl adjacent to an activating group) is 1. The third-order valence-electron chi connectivity index (χ3n) is 3.64. The van der Waals surface area contributed by atoms with Crippen molar-refractivity contribution in [3.63, 3.8) is 0 Å². The van der Waals surface area contributed by atoms with Crippen molar-refractivity contribution in [2.45, 2.75) is 39.0 Å². The van der Waals surface area contributed by atoms with Crippen LogP contribution in [0.5, 0.6) is 5.75 Å². The van der Waals surface area contributed by atoms with Gasteiger partial charge < -0.3 is 9.84 Å². The Morgan fingerprint density at radius 3 is 2.88 bits per heavy atom. The van der Waals surface area contributed by atoms with E-state index >= 15 is 0 Å². The fourth-order valence-electron chi connectivity index (χ4n) is 2.53. The molecule has 0 saturated carbocycles. The highest BCUT2D eigenvalue weighted by atomic mass is 16.5. The lowest BCUT2D eigenvalue weighted by molar-refractivity contribution is 0.0811. The molecule has 1 aromatic rings. The van der Waals surface area contributed by atoms with Gasteiger partial charge in [-0.05, 0) is 32.9 Å². The Hall–Kier alpha value is -1.06. The zero-order valence-electron chi connectivity index (χ0n) is 10.8. The van der Waals surface area contributed by atoms with Crippen LogP contribution in [0.2, 0.25) is 0 Å². The average Bonchev–Trinajstić information content (AvgIpc) is 2.71. The molecule has 0 spiro atoms. The van der Waals surface area contributed by atoms with Gasteiger partial charge in [0, 0.05) is 24.8 Å². The van der Waals surface area contributed by atoms with E-state index in [9.17, 15) is 5.11 Å². The molecule has 3 heteroatoms. The third kappa shape index (κ3) is 2.61. The number of para-hydroxylation sites is 1. The van der Waals surface area contributed by atoms with Crippen LogP contribution in [0, 0.1) is 6.92 Å². The monoisotopic (exact) mass is 235 g/mol. The third-order valence-corrected chi connectivity index (χ3v) is 3.64. The summed E-state index contributed by atoms with van der Waals surface area (Å²) >= 11 is 0. The SMILES string of the molecule is Cc1cccc(CN(C)C2CCOC2C)c1O. The largest absolute Gasteiger partial charge is 0.507 e. The number of phenolic OH excluding ortho intramolecular Hbond substituents is 1. The first-order chi connectivity index (χ1) is 8.09. The Morgan fingerprint density at radius 1 is 1.47 bits per heavy atom. The number of hydrogen-bond acceptors (Lipinski definition) is 3. The van der Waals surface area contributed by atoms with Gasteiger partial charge in [0.05, 0.1) is 6.10 Å². The molecule has 0 aromatic heterocycles. The minimum absolute atomic E-state index is 0.284. The van der Waals surface area contributed by atoms with Crippen LogP contribution in [0.3, 0.4) is 0 Å². The number of ether oxygens (including phenoxy) is 1. The second kappa shape index (κ2) is 5.07. The molecule has 1 aliphatic heterocycles. The predicted octanol–water partition coefficient (Wildman–Crippen LogP) is 2.31. The van der Waals surface area contributed by atoms with Crippen LogP contribution in [-0.2, 0) is 11.3 Å². The highest BCUT2D eigenvalue weighted by Crippen LogP contribution is 2.25. The number of phenols is 1. The van der Waals surface area contributed by atoms with Crippen LogP contribution in [0.15, 0.2) is 18.2 Å². The van der Waals surface area contributed by atoms with Crippen LogP contribution in [0.1, 0.15) is 24.5 Å². The lowest BCUT2D eigenvalue weighted by Crippen LogP contribution is -2.36. The van der Waals surface area contributed by atoms with Crippen molar-refractivity contribution in [2.24, 2.45) is 0 Å². The molecule has 1 aliphatic rings. The Bertz CT molecular complexity index is 392. The Balaban J connectivity index is 2.07. The molecule has 1 aromatic carbocycles. The summed E-state index contributed by atoms with van der Waals surface area (Å²) in [5.41, 5.74) is 1.93. The number of aryl methyl sites for hydroxylation is 1. The van der Waals surface area contributed by atoms with Gasteiger partial charge in [-0.15, -0.1) is 0 Å². The first-order valence-electron chi connectivity index (χ1n) is 6.19. The molecule has 0 radical (unpaired) electrons. The Kier molecular flexibility index (Phi) is 3.69. The number of hydrogen-bond donors (Lipinski definition) is 1. The van der Waals surface area contributed by atoms with Crippen LogP contribution < -0.4 is 0 Å². The van der Waals surface area contributed by atoms with Gasteiger partial charge in [0.2, 0.25) is 0 Å². The van der Waals surface area contributed by atoms with Gasteiger partial charge in [-0.1, -0.05) is 18.2 Å². The molecular formula is C14H21NO2. The van der Waals surface area contributed by atoms with Gasteiger partial charge in [-0.2, -0.15) is 0 Å². The van der Waals surface area contributed by atoms with Crippen molar-refractivity contribution in [3.8, 4) is 5.75 Å². The maximum atomic E-state index is 10.00. The first kappa shape index (κ1) is 12.4. The maximum absolute atomic E-state index is 10.00. The number of nitrogens with zero attached hydrogens (tertiary/aromatic N) is 1. The molecular weight excluding hydrogens is 214 g/mol. The van der Waals surface area contributed by atoms with Gasteiger partial charge in [0.25, 0.3) is 0 Å². The Morgan fingerprint density at radius 2 is 2.24 bits per heavy atom. The molecule has 1 fully saturated rings. The van der Waals surface area contributed by atoms with Crippen molar-refractivity contribution < 1.29 is 9.84 Å². The van der Waals surface area contributed by atoms with E-state index in [-0.39, 0.29) is 6.10 Å². The van der Waals surface area contributed by atoms with E-state index < -0.39 is 0 Å². The second-order valence-electron chi connectivity index (χ2n) is 4.93. The van der Waals surface area contributed by atoms with Gasteiger partial charge in [0.1, 0.15) is 5.75 Å². The van der Waals surface area contributed by atoms with Gasteiger partial charge in [0.15, 0.2) is 0 Å². The maximum Gasteiger partial charge on any atom is 0.122 e. The summed E-state index contributed by atoms with van der Waals surface area (Å²) in [4.78, 5) is 2.27. The number of benzene rings is 1.